The molecule has 0 saturated carbocycles. The van der Waals surface area contributed by atoms with Crippen molar-refractivity contribution in [3.8, 4) is 0 Å². The third kappa shape index (κ3) is 9.45. The maximum absolute atomic E-state index is 12.5. The summed E-state index contributed by atoms with van der Waals surface area (Å²) in [5.41, 5.74) is 2.94. The molecule has 1 heterocycles. The van der Waals surface area contributed by atoms with Gasteiger partial charge in [0, 0.05) is 0 Å². The second kappa shape index (κ2) is 14.2. The van der Waals surface area contributed by atoms with Crippen molar-refractivity contribution in [1.82, 2.24) is 10.0 Å². The number of carbonyl (C=O) groups is 1. The minimum Gasteiger partial charge on any atom is -0.374 e. The van der Waals surface area contributed by atoms with Crippen molar-refractivity contribution < 1.29 is 32.2 Å². The van der Waals surface area contributed by atoms with E-state index in [1.54, 1.807) is 0 Å². The molecule has 0 aromatic heterocycles. The summed E-state index contributed by atoms with van der Waals surface area (Å²) >= 11 is 0. The minimum absolute atomic E-state index is 0.0845. The van der Waals surface area contributed by atoms with Crippen LogP contribution in [0.3, 0.4) is 0 Å². The largest absolute Gasteiger partial charge is 0.374 e. The van der Waals surface area contributed by atoms with E-state index in [1.807, 2.05) is 95.7 Å². The molecular weight excluding hydrogens is 520 g/mol. The summed E-state index contributed by atoms with van der Waals surface area (Å²) in [7, 11) is -3.75. The molecule has 0 bridgehead atoms. The molecule has 0 aliphatic carbocycles. The van der Waals surface area contributed by atoms with Crippen molar-refractivity contribution in [2.24, 2.45) is 0 Å². The number of rotatable bonds is 12. The van der Waals surface area contributed by atoms with Gasteiger partial charge in [-0.3, -0.25) is 0 Å². The first-order valence-electron chi connectivity index (χ1n) is 12.7. The molecular formula is C29H34N2O7S. The van der Waals surface area contributed by atoms with Crippen LogP contribution in [0, 0.1) is 0 Å². The maximum Gasteiger partial charge on any atom is 0.328 e. The van der Waals surface area contributed by atoms with Crippen LogP contribution < -0.4 is 10.0 Å². The van der Waals surface area contributed by atoms with Gasteiger partial charge < -0.3 is 24.3 Å². The Morgan fingerprint density at radius 1 is 0.795 bits per heavy atom. The molecule has 4 atom stereocenters. The number of sulfonamides is 1. The summed E-state index contributed by atoms with van der Waals surface area (Å²) in [5, 5.41) is 2.69. The highest BCUT2D eigenvalue weighted by atomic mass is 32.2. The Kier molecular flexibility index (Phi) is 10.5. The van der Waals surface area contributed by atoms with Gasteiger partial charge in [0.25, 0.3) is 0 Å². The normalized spacial score (nSPS) is 21.3. The molecule has 2 N–H and O–H groups in total. The fourth-order valence-electron chi connectivity index (χ4n) is 4.30. The third-order valence-corrected chi connectivity index (χ3v) is 6.69. The van der Waals surface area contributed by atoms with Crippen LogP contribution >= 0.6 is 0 Å². The maximum atomic E-state index is 12.5. The van der Waals surface area contributed by atoms with Gasteiger partial charge in [-0.1, -0.05) is 91.0 Å². The van der Waals surface area contributed by atoms with Crippen LogP contribution in [0.1, 0.15) is 16.7 Å². The number of carbonyl (C=O) groups excluding carboxylic acids is 1. The molecule has 0 spiro atoms. The molecule has 2 amide bonds. The summed E-state index contributed by atoms with van der Waals surface area (Å²) in [6, 6.07) is 27.6. The van der Waals surface area contributed by atoms with Crippen molar-refractivity contribution in [2.75, 3.05) is 19.5 Å². The SMILES string of the molecule is CS(=O)(=O)NC(=O)N[C@@H]1CO[C@H](COCc2ccccc2)[C@H](OCc2ccccc2)[C@@H]1OCc1ccccc1. The molecule has 1 aliphatic heterocycles. The average molecular weight is 555 g/mol. The van der Waals surface area contributed by atoms with E-state index < -0.39 is 40.4 Å². The van der Waals surface area contributed by atoms with Gasteiger partial charge >= 0.3 is 6.03 Å². The number of benzene rings is 3. The van der Waals surface area contributed by atoms with Crippen molar-refractivity contribution in [2.45, 2.75) is 44.2 Å². The minimum atomic E-state index is -3.75. The van der Waals surface area contributed by atoms with E-state index >= 15 is 0 Å². The summed E-state index contributed by atoms with van der Waals surface area (Å²) in [6.07, 6.45) is -0.853. The van der Waals surface area contributed by atoms with Gasteiger partial charge in [0.2, 0.25) is 10.0 Å². The van der Waals surface area contributed by atoms with Crippen molar-refractivity contribution in [3.63, 3.8) is 0 Å². The monoisotopic (exact) mass is 554 g/mol. The molecule has 208 valence electrons. The molecule has 3 aromatic rings. The Morgan fingerprint density at radius 3 is 1.79 bits per heavy atom. The fraction of sp³-hybridized carbons (Fsp3) is 0.345. The molecule has 3 aromatic carbocycles. The summed E-state index contributed by atoms with van der Waals surface area (Å²) < 4.78 is 50.0. The Bertz CT molecular complexity index is 1260. The van der Waals surface area contributed by atoms with E-state index in [4.69, 9.17) is 18.9 Å². The van der Waals surface area contributed by atoms with Gasteiger partial charge in [0.15, 0.2) is 0 Å². The van der Waals surface area contributed by atoms with Crippen LogP contribution in [0.15, 0.2) is 91.0 Å². The second-order valence-electron chi connectivity index (χ2n) is 9.35. The number of urea groups is 1. The van der Waals surface area contributed by atoms with E-state index in [-0.39, 0.29) is 26.4 Å². The first kappa shape index (κ1) is 28.7. The zero-order chi connectivity index (χ0) is 27.5. The van der Waals surface area contributed by atoms with Crippen LogP contribution in [-0.4, -0.2) is 58.3 Å². The molecule has 0 unspecified atom stereocenters. The lowest BCUT2D eigenvalue weighted by Gasteiger charge is -2.42. The molecule has 1 aliphatic rings. The van der Waals surface area contributed by atoms with Crippen molar-refractivity contribution >= 4 is 16.1 Å². The first-order chi connectivity index (χ1) is 18.9. The van der Waals surface area contributed by atoms with Crippen molar-refractivity contribution in [1.29, 1.82) is 0 Å². The topological polar surface area (TPSA) is 112 Å². The molecule has 9 nitrogen and oxygen atoms in total. The van der Waals surface area contributed by atoms with E-state index in [1.165, 1.54) is 0 Å². The number of hydrogen-bond donors (Lipinski definition) is 2. The van der Waals surface area contributed by atoms with E-state index in [9.17, 15) is 13.2 Å². The smallest absolute Gasteiger partial charge is 0.328 e. The van der Waals surface area contributed by atoms with Gasteiger partial charge in [0.1, 0.15) is 18.3 Å². The zero-order valence-electron chi connectivity index (χ0n) is 21.8. The van der Waals surface area contributed by atoms with Gasteiger partial charge in [0.05, 0.1) is 45.3 Å². The molecule has 39 heavy (non-hydrogen) atoms. The zero-order valence-corrected chi connectivity index (χ0v) is 22.6. The molecule has 1 fully saturated rings. The summed E-state index contributed by atoms with van der Waals surface area (Å²) in [4.78, 5) is 12.5. The molecule has 4 rings (SSSR count). The highest BCUT2D eigenvalue weighted by molar-refractivity contribution is 7.89. The quantitative estimate of drug-likeness (QED) is 0.353. The number of nitrogens with one attached hydrogen (secondary N) is 2. The van der Waals surface area contributed by atoms with Crippen LogP contribution in [0.4, 0.5) is 4.79 Å². The van der Waals surface area contributed by atoms with E-state index in [2.05, 4.69) is 5.32 Å². The van der Waals surface area contributed by atoms with Crippen LogP contribution in [-0.2, 0) is 48.8 Å². The predicted octanol–water partition coefficient (Wildman–Crippen LogP) is 3.40. The highest BCUT2D eigenvalue weighted by Crippen LogP contribution is 2.25. The lowest BCUT2D eigenvalue weighted by atomic mass is 9.97. The third-order valence-electron chi connectivity index (χ3n) is 6.14. The fourth-order valence-corrected chi connectivity index (χ4v) is 4.70. The molecule has 0 radical (unpaired) electrons. The Morgan fingerprint density at radius 2 is 1.28 bits per heavy atom. The Balaban J connectivity index is 1.53. The summed E-state index contributed by atoms with van der Waals surface area (Å²) in [6.45, 7) is 1.28. The van der Waals surface area contributed by atoms with Crippen LogP contribution in [0.2, 0.25) is 0 Å². The Hall–Kier alpha value is -3.28. The summed E-state index contributed by atoms with van der Waals surface area (Å²) in [5.74, 6) is 0. The van der Waals surface area contributed by atoms with E-state index in [0.717, 1.165) is 22.9 Å². The highest BCUT2D eigenvalue weighted by Gasteiger charge is 2.43. The number of ether oxygens (including phenoxy) is 4. The van der Waals surface area contributed by atoms with Crippen LogP contribution in [0.5, 0.6) is 0 Å². The van der Waals surface area contributed by atoms with E-state index in [0.29, 0.717) is 6.61 Å². The van der Waals surface area contributed by atoms with Gasteiger partial charge in [-0.15, -0.1) is 0 Å². The second-order valence-corrected chi connectivity index (χ2v) is 11.1. The number of hydrogen-bond acceptors (Lipinski definition) is 7. The predicted molar refractivity (Wildman–Crippen MR) is 146 cm³/mol. The number of amides is 2. The lowest BCUT2D eigenvalue weighted by molar-refractivity contribution is -0.207. The van der Waals surface area contributed by atoms with Crippen molar-refractivity contribution in [3.05, 3.63) is 108 Å². The van der Waals surface area contributed by atoms with Gasteiger partial charge in [-0.05, 0) is 16.7 Å². The average Bonchev–Trinajstić information content (AvgIpc) is 2.92. The van der Waals surface area contributed by atoms with Crippen LogP contribution in [0.25, 0.3) is 0 Å². The van der Waals surface area contributed by atoms with Gasteiger partial charge in [-0.25, -0.2) is 17.9 Å². The molecule has 10 heteroatoms. The lowest BCUT2D eigenvalue weighted by Crippen LogP contribution is -2.62. The Labute approximate surface area is 229 Å². The van der Waals surface area contributed by atoms with Gasteiger partial charge in [-0.2, -0.15) is 0 Å². The standard InChI is InChI=1S/C29H34N2O7S/c1-39(33,34)31-29(32)30-25-20-36-26(21-35-17-22-11-5-2-6-12-22)28(38-19-24-15-9-4-10-16-24)27(25)37-18-23-13-7-3-8-14-23/h2-16,25-28H,17-21H2,1H3,(H2,30,31,32)/t25-,26-,27-,28+/m1/s1. The molecule has 1 saturated heterocycles. The first-order valence-corrected chi connectivity index (χ1v) is 14.6.